The Bertz CT molecular complexity index is 1030. The maximum Gasteiger partial charge on any atom is 0.295 e. The van der Waals surface area contributed by atoms with Crippen molar-refractivity contribution in [2.24, 2.45) is 0 Å². The molecule has 2 aromatic heterocycles. The Kier molecular flexibility index (Phi) is 7.16. The van der Waals surface area contributed by atoms with Crippen LogP contribution in [-0.2, 0) is 10.0 Å². The molecule has 0 aliphatic carbocycles. The number of fused-ring (bicyclic) bond motifs is 1. The maximum atomic E-state index is 12.4. The molecule has 154 valence electrons. The zero-order valence-electron chi connectivity index (χ0n) is 15.1. The monoisotopic (exact) mass is 448 g/mol. The van der Waals surface area contributed by atoms with Crippen molar-refractivity contribution < 1.29 is 12.8 Å². The van der Waals surface area contributed by atoms with Crippen molar-refractivity contribution in [2.75, 3.05) is 23.1 Å². The molecule has 12 heteroatoms. The first-order chi connectivity index (χ1) is 12.5. The van der Waals surface area contributed by atoms with Crippen LogP contribution < -0.4 is 15.4 Å². The second kappa shape index (κ2) is 8.99. The lowest BCUT2D eigenvalue weighted by atomic mass is 10.1. The van der Waals surface area contributed by atoms with E-state index < -0.39 is 10.0 Å². The van der Waals surface area contributed by atoms with Crippen LogP contribution in [0.25, 0.3) is 11.1 Å². The van der Waals surface area contributed by atoms with Crippen molar-refractivity contribution in [2.45, 2.75) is 30.8 Å². The highest BCUT2D eigenvalue weighted by atomic mass is 35.5. The molecule has 1 aliphatic rings. The van der Waals surface area contributed by atoms with Crippen LogP contribution in [0.3, 0.4) is 0 Å². The zero-order chi connectivity index (χ0) is 18.1. The zero-order valence-corrected chi connectivity index (χ0v) is 17.5. The Morgan fingerprint density at radius 2 is 1.96 bits per heavy atom. The van der Waals surface area contributed by atoms with Crippen molar-refractivity contribution >= 4 is 57.6 Å². The maximum absolute atomic E-state index is 12.4. The number of hydrogen-bond acceptors (Lipinski definition) is 7. The topological polar surface area (TPSA) is 125 Å². The molecule has 4 rings (SSSR count). The normalized spacial score (nSPS) is 14.9. The number of halogens is 2. The summed E-state index contributed by atoms with van der Waals surface area (Å²) in [5.41, 5.74) is 1.59. The van der Waals surface area contributed by atoms with Crippen molar-refractivity contribution in [3.8, 4) is 0 Å². The molecule has 4 N–H and O–H groups in total. The van der Waals surface area contributed by atoms with Crippen LogP contribution in [-0.4, -0.2) is 42.5 Å². The van der Waals surface area contributed by atoms with Gasteiger partial charge in [-0.2, -0.15) is 13.4 Å². The van der Waals surface area contributed by atoms with Crippen molar-refractivity contribution in [1.82, 2.24) is 20.3 Å². The van der Waals surface area contributed by atoms with Gasteiger partial charge in [0, 0.05) is 6.04 Å². The summed E-state index contributed by atoms with van der Waals surface area (Å²) in [5.74, 6) is 0.533. The predicted molar refractivity (Wildman–Crippen MR) is 112 cm³/mol. The van der Waals surface area contributed by atoms with Crippen LogP contribution in [0.2, 0.25) is 0 Å². The molecule has 1 fully saturated rings. The van der Waals surface area contributed by atoms with Crippen LogP contribution in [0, 0.1) is 6.92 Å². The lowest BCUT2D eigenvalue weighted by molar-refractivity contribution is 0.466. The van der Waals surface area contributed by atoms with Gasteiger partial charge >= 0.3 is 0 Å². The van der Waals surface area contributed by atoms with Gasteiger partial charge in [0.1, 0.15) is 11.3 Å². The quantitative estimate of drug-likeness (QED) is 0.472. The van der Waals surface area contributed by atoms with E-state index in [0.717, 1.165) is 25.9 Å². The molecule has 0 atom stereocenters. The van der Waals surface area contributed by atoms with E-state index in [1.54, 1.807) is 25.1 Å². The Morgan fingerprint density at radius 1 is 1.21 bits per heavy atom. The molecule has 0 saturated carbocycles. The van der Waals surface area contributed by atoms with Gasteiger partial charge in [0.05, 0.1) is 11.9 Å². The van der Waals surface area contributed by atoms with E-state index in [1.807, 2.05) is 0 Å². The van der Waals surface area contributed by atoms with Crippen LogP contribution in [0.15, 0.2) is 33.8 Å². The van der Waals surface area contributed by atoms with E-state index in [0.29, 0.717) is 34.7 Å². The number of H-pyrrole nitrogens is 1. The number of hydrogen-bond donors (Lipinski definition) is 4. The minimum atomic E-state index is -3.73. The summed E-state index contributed by atoms with van der Waals surface area (Å²) in [4.78, 5) is 11.1. The molecule has 0 bridgehead atoms. The number of piperidine rings is 1. The summed E-state index contributed by atoms with van der Waals surface area (Å²) in [6.45, 7) is 3.63. The number of benzene rings is 1. The average molecular weight is 449 g/mol. The summed E-state index contributed by atoms with van der Waals surface area (Å²) < 4.78 is 33.0. The Labute approximate surface area is 175 Å². The third kappa shape index (κ3) is 4.88. The lowest BCUT2D eigenvalue weighted by Gasteiger charge is -2.22. The summed E-state index contributed by atoms with van der Waals surface area (Å²) in [6.07, 6.45) is 3.30. The third-order valence-corrected chi connectivity index (χ3v) is 5.57. The lowest BCUT2D eigenvalue weighted by Crippen LogP contribution is -2.35. The molecule has 1 aliphatic heterocycles. The summed E-state index contributed by atoms with van der Waals surface area (Å²) in [7, 11) is -3.73. The van der Waals surface area contributed by atoms with Gasteiger partial charge in [0.2, 0.25) is 0 Å². The summed E-state index contributed by atoms with van der Waals surface area (Å²) >= 11 is 0. The van der Waals surface area contributed by atoms with Crippen LogP contribution in [0.1, 0.15) is 18.7 Å². The number of anilines is 2. The second-order valence-corrected chi connectivity index (χ2v) is 7.96. The minimum Gasteiger partial charge on any atom is -0.424 e. The van der Waals surface area contributed by atoms with Gasteiger partial charge in [-0.1, -0.05) is 0 Å². The van der Waals surface area contributed by atoms with Crippen LogP contribution >= 0.6 is 24.8 Å². The molecule has 1 aromatic carbocycles. The summed E-state index contributed by atoms with van der Waals surface area (Å²) in [5, 5.41) is 6.62. The molecule has 3 aromatic rings. The van der Waals surface area contributed by atoms with E-state index in [4.69, 9.17) is 4.42 Å². The molecular formula is C16H22Cl2N6O3S. The molecule has 0 spiro atoms. The summed E-state index contributed by atoms with van der Waals surface area (Å²) in [6, 6.07) is 5.77. The standard InChI is InChI=1S/C16H20N6O3S.2ClH/c1-10-18-9-15(19-10)26(23,24)22-12-2-3-14-13(8-12)21-16(25-14)20-11-4-6-17-7-5-11;;/h2-3,8-9,11,17,22H,4-7H2,1H3,(H,18,19)(H,20,21);2*1H. The van der Waals surface area contributed by atoms with Gasteiger partial charge in [-0.3, -0.25) is 4.72 Å². The SMILES string of the molecule is Cc1ncc(S(=O)(=O)Nc2ccc3oc(NC4CCNCC4)nc3c2)[nH]1.Cl.Cl. The number of aromatic nitrogens is 3. The van der Waals surface area contributed by atoms with E-state index in [9.17, 15) is 8.42 Å². The Morgan fingerprint density at radius 3 is 2.64 bits per heavy atom. The first kappa shape index (κ1) is 22.3. The molecule has 1 saturated heterocycles. The number of imidazole rings is 1. The minimum absolute atomic E-state index is 0. The van der Waals surface area contributed by atoms with Crippen LogP contribution in [0.4, 0.5) is 11.7 Å². The highest BCUT2D eigenvalue weighted by Gasteiger charge is 2.18. The first-order valence-electron chi connectivity index (χ1n) is 8.42. The highest BCUT2D eigenvalue weighted by molar-refractivity contribution is 7.92. The smallest absolute Gasteiger partial charge is 0.295 e. The van der Waals surface area contributed by atoms with Crippen LogP contribution in [0.5, 0.6) is 0 Å². The van der Waals surface area contributed by atoms with E-state index >= 15 is 0 Å². The molecular weight excluding hydrogens is 427 g/mol. The third-order valence-electron chi connectivity index (χ3n) is 4.28. The largest absolute Gasteiger partial charge is 0.424 e. The molecule has 28 heavy (non-hydrogen) atoms. The number of oxazole rings is 1. The van der Waals surface area contributed by atoms with Gasteiger partial charge in [-0.25, -0.2) is 4.98 Å². The number of nitrogens with one attached hydrogen (secondary N) is 4. The van der Waals surface area contributed by atoms with Crippen molar-refractivity contribution in [1.29, 1.82) is 0 Å². The van der Waals surface area contributed by atoms with Crippen molar-refractivity contribution in [3.63, 3.8) is 0 Å². The van der Waals surface area contributed by atoms with E-state index in [2.05, 4.69) is 30.3 Å². The Hall–Kier alpha value is -2.01. The molecule has 0 amide bonds. The first-order valence-corrected chi connectivity index (χ1v) is 9.90. The van der Waals surface area contributed by atoms with Gasteiger partial charge in [-0.05, 0) is 51.1 Å². The number of sulfonamides is 1. The van der Waals surface area contributed by atoms with Gasteiger partial charge in [0.15, 0.2) is 10.6 Å². The van der Waals surface area contributed by atoms with Crippen molar-refractivity contribution in [3.05, 3.63) is 30.2 Å². The molecule has 9 nitrogen and oxygen atoms in total. The van der Waals surface area contributed by atoms with Gasteiger partial charge in [-0.15, -0.1) is 24.8 Å². The highest BCUT2D eigenvalue weighted by Crippen LogP contribution is 2.25. The number of rotatable bonds is 5. The van der Waals surface area contributed by atoms with Gasteiger partial charge in [0.25, 0.3) is 16.0 Å². The molecule has 0 radical (unpaired) electrons. The molecule has 3 heterocycles. The predicted octanol–water partition coefficient (Wildman–Crippen LogP) is 2.67. The number of aryl methyl sites for hydroxylation is 1. The van der Waals surface area contributed by atoms with E-state index in [-0.39, 0.29) is 29.8 Å². The fourth-order valence-corrected chi connectivity index (χ4v) is 3.96. The number of aromatic amines is 1. The Balaban J connectivity index is 0.00000140. The fourth-order valence-electron chi connectivity index (χ4n) is 2.94. The van der Waals surface area contributed by atoms with E-state index in [1.165, 1.54) is 6.20 Å². The van der Waals surface area contributed by atoms with Gasteiger partial charge < -0.3 is 20.0 Å². The second-order valence-electron chi connectivity index (χ2n) is 6.31. The fraction of sp³-hybridized carbons (Fsp3) is 0.375. The molecule has 0 unspecified atom stereocenters. The average Bonchev–Trinajstić information content (AvgIpc) is 3.21. The number of nitrogens with zero attached hydrogens (tertiary/aromatic N) is 2.